The normalized spacial score (nSPS) is 26.8. The zero-order valence-corrected chi connectivity index (χ0v) is 15.1. The van der Waals surface area contributed by atoms with E-state index in [2.05, 4.69) is 35.2 Å². The first-order valence-corrected chi connectivity index (χ1v) is 8.77. The quantitative estimate of drug-likeness (QED) is 0.917. The summed E-state index contributed by atoms with van der Waals surface area (Å²) in [4.78, 5) is 2.60. The summed E-state index contributed by atoms with van der Waals surface area (Å²) in [6.45, 7) is 3.44. The van der Waals surface area contributed by atoms with Crippen LogP contribution in [0.4, 0.5) is 0 Å². The van der Waals surface area contributed by atoms with Gasteiger partial charge in [0, 0.05) is 25.7 Å². The summed E-state index contributed by atoms with van der Waals surface area (Å²) in [5, 5.41) is 2.53. The van der Waals surface area contributed by atoms with Gasteiger partial charge in [0.25, 0.3) is 0 Å². The van der Waals surface area contributed by atoms with Gasteiger partial charge in [-0.15, -0.1) is 12.4 Å². The van der Waals surface area contributed by atoms with Crippen LogP contribution in [0.5, 0.6) is 5.75 Å². The Hall–Kier alpha value is -1.29. The van der Waals surface area contributed by atoms with Gasteiger partial charge in [0.1, 0.15) is 5.75 Å². The lowest BCUT2D eigenvalue weighted by molar-refractivity contribution is 0.259. The maximum absolute atomic E-state index is 6.34. The van der Waals surface area contributed by atoms with Crippen LogP contribution >= 0.6 is 12.4 Å². The van der Waals surface area contributed by atoms with Crippen molar-refractivity contribution in [1.82, 2.24) is 4.90 Å². The fourth-order valence-corrected chi connectivity index (χ4v) is 4.49. The molecule has 3 nitrogen and oxygen atoms in total. The van der Waals surface area contributed by atoms with Crippen molar-refractivity contribution in [3.05, 3.63) is 42.0 Å². The molecule has 1 heterocycles. The Kier molecular flexibility index (Phi) is 5.33. The van der Waals surface area contributed by atoms with E-state index in [4.69, 9.17) is 10.5 Å². The van der Waals surface area contributed by atoms with Crippen molar-refractivity contribution in [2.45, 2.75) is 31.8 Å². The fourth-order valence-electron chi connectivity index (χ4n) is 4.49. The Balaban J connectivity index is 0.00000169. The minimum atomic E-state index is 0. The highest BCUT2D eigenvalue weighted by Crippen LogP contribution is 2.36. The predicted molar refractivity (Wildman–Crippen MR) is 102 cm³/mol. The number of halogens is 1. The van der Waals surface area contributed by atoms with Crippen LogP contribution in [-0.2, 0) is 6.54 Å². The molecule has 0 amide bonds. The second kappa shape index (κ2) is 7.30. The van der Waals surface area contributed by atoms with Gasteiger partial charge in [-0.1, -0.05) is 24.6 Å². The molecule has 0 bridgehead atoms. The summed E-state index contributed by atoms with van der Waals surface area (Å²) in [6.07, 6.45) is 3.90. The minimum Gasteiger partial charge on any atom is -0.497 e. The van der Waals surface area contributed by atoms with Crippen molar-refractivity contribution in [2.75, 3.05) is 20.2 Å². The maximum Gasteiger partial charge on any atom is 0.119 e. The number of methoxy groups -OCH3 is 1. The average Bonchev–Trinajstić information content (AvgIpc) is 2.98. The van der Waals surface area contributed by atoms with E-state index in [0.29, 0.717) is 12.0 Å². The largest absolute Gasteiger partial charge is 0.497 e. The van der Waals surface area contributed by atoms with Crippen LogP contribution in [0.25, 0.3) is 10.8 Å². The highest BCUT2D eigenvalue weighted by atomic mass is 35.5. The van der Waals surface area contributed by atoms with Crippen molar-refractivity contribution in [2.24, 2.45) is 17.6 Å². The van der Waals surface area contributed by atoms with E-state index in [1.807, 2.05) is 6.07 Å². The van der Waals surface area contributed by atoms with Gasteiger partial charge in [0.2, 0.25) is 0 Å². The molecule has 2 aromatic rings. The first-order valence-electron chi connectivity index (χ1n) is 8.77. The van der Waals surface area contributed by atoms with Gasteiger partial charge in [-0.25, -0.2) is 0 Å². The maximum atomic E-state index is 6.34. The number of benzene rings is 2. The van der Waals surface area contributed by atoms with E-state index in [1.54, 1.807) is 7.11 Å². The summed E-state index contributed by atoms with van der Waals surface area (Å²) in [5.41, 5.74) is 7.74. The molecule has 4 rings (SSSR count). The Morgan fingerprint density at radius 1 is 1.08 bits per heavy atom. The van der Waals surface area contributed by atoms with Crippen molar-refractivity contribution in [3.63, 3.8) is 0 Å². The molecule has 3 atom stereocenters. The van der Waals surface area contributed by atoms with Gasteiger partial charge in [-0.05, 0) is 59.2 Å². The van der Waals surface area contributed by atoms with Crippen LogP contribution in [0.1, 0.15) is 24.8 Å². The van der Waals surface area contributed by atoms with Gasteiger partial charge >= 0.3 is 0 Å². The molecule has 1 aliphatic carbocycles. The first-order chi connectivity index (χ1) is 11.2. The van der Waals surface area contributed by atoms with Gasteiger partial charge in [-0.2, -0.15) is 0 Å². The van der Waals surface area contributed by atoms with E-state index in [1.165, 1.54) is 48.7 Å². The molecule has 2 fully saturated rings. The number of hydrogen-bond acceptors (Lipinski definition) is 3. The van der Waals surface area contributed by atoms with Crippen molar-refractivity contribution in [1.29, 1.82) is 0 Å². The number of likely N-dealkylation sites (tertiary alicyclic amines) is 1. The van der Waals surface area contributed by atoms with Crippen LogP contribution < -0.4 is 10.5 Å². The third-order valence-corrected chi connectivity index (χ3v) is 5.75. The second-order valence-electron chi connectivity index (χ2n) is 7.26. The number of fused-ring (bicyclic) bond motifs is 2. The third-order valence-electron chi connectivity index (χ3n) is 5.75. The molecule has 0 spiro atoms. The van der Waals surface area contributed by atoms with Crippen LogP contribution in [0, 0.1) is 11.8 Å². The summed E-state index contributed by atoms with van der Waals surface area (Å²) >= 11 is 0. The fraction of sp³-hybridized carbons (Fsp3) is 0.500. The molecule has 1 saturated carbocycles. The molecule has 130 valence electrons. The van der Waals surface area contributed by atoms with Crippen LogP contribution in [0.3, 0.4) is 0 Å². The van der Waals surface area contributed by atoms with Crippen molar-refractivity contribution >= 4 is 23.2 Å². The molecule has 3 unspecified atom stereocenters. The SMILES string of the molecule is COc1ccc2cc(CN3CC4CCCC(N)C4C3)ccc2c1.Cl. The zero-order chi connectivity index (χ0) is 15.8. The summed E-state index contributed by atoms with van der Waals surface area (Å²) in [7, 11) is 1.72. The molecule has 0 radical (unpaired) electrons. The number of rotatable bonds is 3. The highest BCUT2D eigenvalue weighted by molar-refractivity contribution is 5.85. The molecule has 1 aliphatic heterocycles. The number of nitrogens with two attached hydrogens (primary N) is 1. The number of ether oxygens (including phenoxy) is 1. The van der Waals surface area contributed by atoms with E-state index >= 15 is 0 Å². The van der Waals surface area contributed by atoms with Crippen molar-refractivity contribution < 1.29 is 4.74 Å². The standard InChI is InChI=1S/C20H26N2O.ClH/c1-23-18-8-7-15-9-14(5-6-16(15)10-18)11-22-12-17-3-2-4-20(21)19(17)13-22;/h5-10,17,19-20H,2-4,11-13,21H2,1H3;1H. The lowest BCUT2D eigenvalue weighted by Gasteiger charge is -2.29. The molecule has 0 aromatic heterocycles. The lowest BCUT2D eigenvalue weighted by Crippen LogP contribution is -2.38. The van der Waals surface area contributed by atoms with E-state index in [-0.39, 0.29) is 12.4 Å². The Morgan fingerprint density at radius 3 is 2.67 bits per heavy atom. The van der Waals surface area contributed by atoms with Crippen LogP contribution in [-0.4, -0.2) is 31.1 Å². The van der Waals surface area contributed by atoms with E-state index in [9.17, 15) is 0 Å². The molecular weight excluding hydrogens is 320 g/mol. The summed E-state index contributed by atoms with van der Waals surface area (Å²) in [5.74, 6) is 2.46. The average molecular weight is 347 g/mol. The molecular formula is C20H27ClN2O. The zero-order valence-electron chi connectivity index (χ0n) is 14.3. The highest BCUT2D eigenvalue weighted by Gasteiger charge is 2.38. The summed E-state index contributed by atoms with van der Waals surface area (Å²) < 4.78 is 5.30. The predicted octanol–water partition coefficient (Wildman–Crippen LogP) is 3.83. The Labute approximate surface area is 150 Å². The monoisotopic (exact) mass is 346 g/mol. The number of hydrogen-bond donors (Lipinski definition) is 1. The molecule has 24 heavy (non-hydrogen) atoms. The topological polar surface area (TPSA) is 38.5 Å². The molecule has 2 N–H and O–H groups in total. The smallest absolute Gasteiger partial charge is 0.119 e. The van der Waals surface area contributed by atoms with Gasteiger partial charge in [0.15, 0.2) is 0 Å². The summed E-state index contributed by atoms with van der Waals surface area (Å²) in [6, 6.07) is 13.5. The van der Waals surface area contributed by atoms with Crippen LogP contribution in [0.2, 0.25) is 0 Å². The van der Waals surface area contributed by atoms with E-state index in [0.717, 1.165) is 18.2 Å². The number of nitrogens with zero attached hydrogens (tertiary/aromatic N) is 1. The van der Waals surface area contributed by atoms with E-state index < -0.39 is 0 Å². The second-order valence-corrected chi connectivity index (χ2v) is 7.26. The molecule has 2 aromatic carbocycles. The lowest BCUT2D eigenvalue weighted by atomic mass is 9.78. The Bertz CT molecular complexity index is 705. The Morgan fingerprint density at radius 2 is 1.88 bits per heavy atom. The minimum absolute atomic E-state index is 0. The van der Waals surface area contributed by atoms with Gasteiger partial charge < -0.3 is 10.5 Å². The van der Waals surface area contributed by atoms with Gasteiger partial charge in [0.05, 0.1) is 7.11 Å². The third kappa shape index (κ3) is 3.39. The molecule has 1 saturated heterocycles. The molecule has 4 heteroatoms. The molecule has 2 aliphatic rings. The van der Waals surface area contributed by atoms with Gasteiger partial charge in [-0.3, -0.25) is 4.90 Å². The van der Waals surface area contributed by atoms with Crippen LogP contribution in [0.15, 0.2) is 36.4 Å². The first kappa shape index (κ1) is 17.5. The van der Waals surface area contributed by atoms with Crippen molar-refractivity contribution in [3.8, 4) is 5.75 Å².